The summed E-state index contributed by atoms with van der Waals surface area (Å²) in [6, 6.07) is 15.8. The lowest BCUT2D eigenvalue weighted by molar-refractivity contribution is -0.384. The van der Waals surface area contributed by atoms with Gasteiger partial charge in [0.05, 0.1) is 23.7 Å². The van der Waals surface area contributed by atoms with Crippen molar-refractivity contribution < 1.29 is 4.92 Å². The molecule has 3 heterocycles. The predicted molar refractivity (Wildman–Crippen MR) is 122 cm³/mol. The van der Waals surface area contributed by atoms with Crippen LogP contribution in [0.25, 0.3) is 11.2 Å². The first-order valence-electron chi connectivity index (χ1n) is 10.1. The van der Waals surface area contributed by atoms with E-state index in [0.29, 0.717) is 29.3 Å². The van der Waals surface area contributed by atoms with Crippen molar-refractivity contribution in [2.75, 3.05) is 5.01 Å². The summed E-state index contributed by atoms with van der Waals surface area (Å²) in [4.78, 5) is 40.6. The number of hydrazone groups is 1. The maximum Gasteiger partial charge on any atom is 0.332 e. The molecule has 11 heteroatoms. The van der Waals surface area contributed by atoms with Crippen LogP contribution in [-0.2, 0) is 27.2 Å². The van der Waals surface area contributed by atoms with Crippen molar-refractivity contribution in [1.29, 1.82) is 0 Å². The number of rotatable bonds is 4. The SMILES string of the molecule is Cn1c(=O)c2c(nc3n2CC(c2ccc([N+](=O)[O-])cc2)=NN3Cc2ccccc2)n(C)c1=O. The molecule has 5 rings (SSSR count). The number of non-ortho nitro benzene ring substituents is 1. The van der Waals surface area contributed by atoms with Crippen molar-refractivity contribution in [2.24, 2.45) is 19.2 Å². The Bertz CT molecular complexity index is 1550. The van der Waals surface area contributed by atoms with E-state index >= 15 is 0 Å². The molecule has 0 fully saturated rings. The number of fused-ring (bicyclic) bond motifs is 3. The molecule has 2 aromatic carbocycles. The van der Waals surface area contributed by atoms with Crippen molar-refractivity contribution in [1.82, 2.24) is 18.7 Å². The molecule has 0 unspecified atom stereocenters. The summed E-state index contributed by atoms with van der Waals surface area (Å²) in [5, 5.41) is 17.5. The first-order valence-corrected chi connectivity index (χ1v) is 10.1. The van der Waals surface area contributed by atoms with Gasteiger partial charge in [0.2, 0.25) is 5.95 Å². The van der Waals surface area contributed by atoms with Gasteiger partial charge in [-0.25, -0.2) is 9.80 Å². The molecule has 4 aromatic rings. The van der Waals surface area contributed by atoms with Crippen molar-refractivity contribution in [3.63, 3.8) is 0 Å². The van der Waals surface area contributed by atoms with E-state index in [1.807, 2.05) is 30.3 Å². The normalized spacial score (nSPS) is 13.2. The summed E-state index contributed by atoms with van der Waals surface area (Å²) >= 11 is 0. The molecule has 166 valence electrons. The van der Waals surface area contributed by atoms with Gasteiger partial charge in [0.25, 0.3) is 11.2 Å². The first-order chi connectivity index (χ1) is 15.8. The third-order valence-corrected chi connectivity index (χ3v) is 5.69. The van der Waals surface area contributed by atoms with Crippen molar-refractivity contribution in [3.8, 4) is 0 Å². The van der Waals surface area contributed by atoms with Crippen LogP contribution in [0.3, 0.4) is 0 Å². The zero-order valence-electron chi connectivity index (χ0n) is 17.9. The molecule has 0 spiro atoms. The minimum absolute atomic E-state index is 0.0195. The van der Waals surface area contributed by atoms with E-state index in [-0.39, 0.29) is 17.9 Å². The Kier molecular flexibility index (Phi) is 4.66. The third-order valence-electron chi connectivity index (χ3n) is 5.69. The Hall–Kier alpha value is -4.54. The smallest absolute Gasteiger partial charge is 0.297 e. The van der Waals surface area contributed by atoms with E-state index in [2.05, 4.69) is 4.98 Å². The number of anilines is 1. The highest BCUT2D eigenvalue weighted by Gasteiger charge is 2.28. The molecular formula is C22H19N7O4. The van der Waals surface area contributed by atoms with Crippen molar-refractivity contribution in [2.45, 2.75) is 13.1 Å². The number of imidazole rings is 1. The molecule has 0 amide bonds. The monoisotopic (exact) mass is 445 g/mol. The van der Waals surface area contributed by atoms with Crippen LogP contribution in [0.15, 0.2) is 69.3 Å². The van der Waals surface area contributed by atoms with Crippen LogP contribution < -0.4 is 16.3 Å². The van der Waals surface area contributed by atoms with Crippen molar-refractivity contribution in [3.05, 3.63) is 96.7 Å². The van der Waals surface area contributed by atoms with Crippen LogP contribution in [0, 0.1) is 10.1 Å². The molecule has 1 aliphatic rings. The molecule has 0 saturated heterocycles. The lowest BCUT2D eigenvalue weighted by atomic mass is 10.1. The van der Waals surface area contributed by atoms with Crippen molar-refractivity contribution >= 4 is 28.5 Å². The number of benzene rings is 2. The number of aromatic nitrogens is 4. The fraction of sp³-hybridized carbons (Fsp3) is 0.182. The third kappa shape index (κ3) is 3.30. The Morgan fingerprint density at radius 2 is 1.70 bits per heavy atom. The largest absolute Gasteiger partial charge is 0.332 e. The summed E-state index contributed by atoms with van der Waals surface area (Å²) in [6.07, 6.45) is 0. The molecule has 33 heavy (non-hydrogen) atoms. The molecule has 1 aliphatic heterocycles. The molecule has 2 aromatic heterocycles. The number of aryl methyl sites for hydroxylation is 1. The van der Waals surface area contributed by atoms with Gasteiger partial charge in [-0.15, -0.1) is 0 Å². The second kappa shape index (κ2) is 7.55. The number of nitrogens with zero attached hydrogens (tertiary/aromatic N) is 7. The van der Waals surface area contributed by atoms with E-state index in [4.69, 9.17) is 5.10 Å². The van der Waals surface area contributed by atoms with Gasteiger partial charge >= 0.3 is 5.69 Å². The lowest BCUT2D eigenvalue weighted by Crippen LogP contribution is -2.38. The molecule has 0 radical (unpaired) electrons. The molecule has 0 saturated carbocycles. The van der Waals surface area contributed by atoms with Gasteiger partial charge in [0, 0.05) is 31.8 Å². The van der Waals surface area contributed by atoms with E-state index in [1.54, 1.807) is 28.8 Å². The average Bonchev–Trinajstić information content (AvgIpc) is 3.22. The Morgan fingerprint density at radius 3 is 2.36 bits per heavy atom. The van der Waals surface area contributed by atoms with Gasteiger partial charge in [-0.05, 0) is 17.7 Å². The summed E-state index contributed by atoms with van der Waals surface area (Å²) in [7, 11) is 3.00. The topological polar surface area (TPSA) is 121 Å². The molecule has 11 nitrogen and oxygen atoms in total. The molecule has 0 atom stereocenters. The summed E-state index contributed by atoms with van der Waals surface area (Å²) < 4.78 is 4.13. The van der Waals surface area contributed by atoms with Gasteiger partial charge in [0.1, 0.15) is 0 Å². The Balaban J connectivity index is 1.70. The zero-order valence-corrected chi connectivity index (χ0v) is 17.9. The summed E-state index contributed by atoms with van der Waals surface area (Å²) in [5.41, 5.74) is 1.92. The Morgan fingerprint density at radius 1 is 1.00 bits per heavy atom. The Labute approximate surface area is 186 Å². The number of nitro groups is 1. The van der Waals surface area contributed by atoms with E-state index in [0.717, 1.165) is 10.1 Å². The average molecular weight is 445 g/mol. The lowest BCUT2D eigenvalue weighted by Gasteiger charge is -2.26. The van der Waals surface area contributed by atoms with E-state index in [1.165, 1.54) is 23.7 Å². The fourth-order valence-electron chi connectivity index (χ4n) is 3.94. The second-order valence-corrected chi connectivity index (χ2v) is 7.77. The van der Waals surface area contributed by atoms with Crippen LogP contribution in [0.4, 0.5) is 11.6 Å². The van der Waals surface area contributed by atoms with Crippen LogP contribution in [0.5, 0.6) is 0 Å². The highest BCUT2D eigenvalue weighted by molar-refractivity contribution is 6.02. The summed E-state index contributed by atoms with van der Waals surface area (Å²) in [5.74, 6) is 0.442. The minimum Gasteiger partial charge on any atom is -0.297 e. The van der Waals surface area contributed by atoms with E-state index in [9.17, 15) is 19.7 Å². The van der Waals surface area contributed by atoms with Crippen LogP contribution >= 0.6 is 0 Å². The van der Waals surface area contributed by atoms with Gasteiger partial charge in [-0.1, -0.05) is 30.3 Å². The van der Waals surface area contributed by atoms with Gasteiger partial charge < -0.3 is 0 Å². The summed E-state index contributed by atoms with van der Waals surface area (Å²) in [6.45, 7) is 0.608. The highest BCUT2D eigenvalue weighted by Crippen LogP contribution is 2.27. The second-order valence-electron chi connectivity index (χ2n) is 7.77. The quantitative estimate of drug-likeness (QED) is 0.349. The number of hydrogen-bond acceptors (Lipinski definition) is 7. The fourth-order valence-corrected chi connectivity index (χ4v) is 3.94. The van der Waals surface area contributed by atoms with Gasteiger partial charge in [-0.3, -0.25) is 28.6 Å². The minimum atomic E-state index is -0.464. The maximum absolute atomic E-state index is 13.0. The molecule has 0 bridgehead atoms. The van der Waals surface area contributed by atoms with Gasteiger partial charge in [-0.2, -0.15) is 10.1 Å². The molecule has 0 N–H and O–H groups in total. The highest BCUT2D eigenvalue weighted by atomic mass is 16.6. The molecule has 0 aliphatic carbocycles. The number of hydrogen-bond donors (Lipinski definition) is 0. The van der Waals surface area contributed by atoms with E-state index < -0.39 is 16.2 Å². The number of nitro benzene ring substituents is 1. The maximum atomic E-state index is 13.0. The van der Waals surface area contributed by atoms with Crippen LogP contribution in [-0.4, -0.2) is 29.3 Å². The standard InChI is InChI=1S/C22H19N7O4/c1-25-19-18(20(30)26(2)22(25)31)27-13-17(15-8-10-16(11-9-15)29(32)33)24-28(21(27)23-19)12-14-6-4-3-5-7-14/h3-11H,12-13H2,1-2H3. The van der Waals surface area contributed by atoms with Crippen LogP contribution in [0.1, 0.15) is 11.1 Å². The first kappa shape index (κ1) is 20.4. The van der Waals surface area contributed by atoms with Crippen LogP contribution in [0.2, 0.25) is 0 Å². The predicted octanol–water partition coefficient (Wildman–Crippen LogP) is 1.77. The van der Waals surface area contributed by atoms with Gasteiger partial charge in [0.15, 0.2) is 11.2 Å². The molecular weight excluding hydrogens is 426 g/mol. The zero-order chi connectivity index (χ0) is 23.3.